The van der Waals surface area contributed by atoms with Crippen molar-refractivity contribution in [1.82, 2.24) is 0 Å². The number of hydrogen-bond donors (Lipinski definition) is 3. The van der Waals surface area contributed by atoms with Gasteiger partial charge < -0.3 is 34.9 Å². The fourth-order valence-corrected chi connectivity index (χ4v) is 1.95. The van der Waals surface area contributed by atoms with E-state index in [1.165, 1.54) is 0 Å². The molecule has 2 rings (SSSR count). The molecule has 0 heterocycles. The van der Waals surface area contributed by atoms with Gasteiger partial charge >= 0.3 is 11.9 Å². The number of methoxy groups -OCH3 is 4. The molecule has 4 N–H and O–H groups in total. The fraction of sp³-hybridized carbons (Fsp3) is 0.222. The van der Waals surface area contributed by atoms with Crippen molar-refractivity contribution < 1.29 is 60.1 Å². The van der Waals surface area contributed by atoms with Gasteiger partial charge in [0.2, 0.25) is 0 Å². The lowest BCUT2D eigenvalue weighted by Crippen LogP contribution is -2.04. The van der Waals surface area contributed by atoms with E-state index in [1.54, 1.807) is 0 Å². The van der Waals surface area contributed by atoms with Crippen LogP contribution in [0.4, 0.5) is 11.4 Å². The van der Waals surface area contributed by atoms with Crippen LogP contribution in [0, 0.1) is 10.1 Å². The Bertz CT molecular complexity index is 1280. The van der Waals surface area contributed by atoms with Crippen molar-refractivity contribution in [2.24, 2.45) is 0 Å². The number of nitro benzene ring substituents is 1. The first-order chi connectivity index (χ1) is 18.7. The molecule has 0 spiro atoms. The van der Waals surface area contributed by atoms with Gasteiger partial charge in [-0.25, -0.2) is 9.59 Å². The zero-order valence-electron chi connectivity index (χ0n) is 26.5. The van der Waals surface area contributed by atoms with Crippen molar-refractivity contribution in [1.29, 1.82) is 0 Å². The molecule has 0 aliphatic rings. The number of aromatic carboxylic acids is 2. The second-order valence-electron chi connectivity index (χ2n) is 4.98. The SMILES string of the molecule is [2H]C([2H])([2H])Oc1cc(C(=O)O)c([N+](=O)[O-])cc1OC([2H])([2H])[2H].[2H]C([2H])([2H])Oc1cc(N)c(C(=O)O)cc1OC([2H])([2H])[2H]. The second-order valence-corrected chi connectivity index (χ2v) is 4.98. The van der Waals surface area contributed by atoms with Crippen molar-refractivity contribution in [2.75, 3.05) is 33.9 Å². The summed E-state index contributed by atoms with van der Waals surface area (Å²) < 4.78 is 101. The van der Waals surface area contributed by atoms with Crippen LogP contribution < -0.4 is 24.7 Å². The Hall–Kier alpha value is -4.22. The first kappa shape index (κ1) is 11.1. The van der Waals surface area contributed by atoms with Crippen molar-refractivity contribution in [3.05, 3.63) is 45.5 Å². The normalized spacial score (nSPS) is 17.2. The summed E-state index contributed by atoms with van der Waals surface area (Å²) in [6.07, 6.45) is 0. The molecule has 12 nitrogen and oxygen atoms in total. The maximum Gasteiger partial charge on any atom is 0.342 e. The highest BCUT2D eigenvalue weighted by atomic mass is 16.6. The van der Waals surface area contributed by atoms with E-state index in [0.29, 0.717) is 12.1 Å². The maximum atomic E-state index is 11.0. The van der Waals surface area contributed by atoms with E-state index < -0.39 is 84.8 Å². The fourth-order valence-electron chi connectivity index (χ4n) is 1.95. The summed E-state index contributed by atoms with van der Waals surface area (Å²) in [4.78, 5) is 31.7. The van der Waals surface area contributed by atoms with Crippen LogP contribution in [-0.4, -0.2) is 55.2 Å². The van der Waals surface area contributed by atoms with Gasteiger partial charge in [-0.15, -0.1) is 0 Å². The predicted octanol–water partition coefficient (Wildman–Crippen LogP) is 2.29. The Balaban J connectivity index is 0.000000422. The highest BCUT2D eigenvalue weighted by Gasteiger charge is 2.23. The number of nitrogens with zero attached hydrogens (tertiary/aromatic N) is 1. The summed E-state index contributed by atoms with van der Waals surface area (Å²) in [6.45, 7) is 0. The number of nitro groups is 1. The number of carbonyl (C=O) groups is 2. The van der Waals surface area contributed by atoms with Gasteiger partial charge in [0.1, 0.15) is 5.56 Å². The third-order valence-corrected chi connectivity index (χ3v) is 3.28. The summed E-state index contributed by atoms with van der Waals surface area (Å²) in [5, 5.41) is 28.6. The van der Waals surface area contributed by atoms with Gasteiger partial charge in [0.15, 0.2) is 23.0 Å². The molecule has 0 saturated carbocycles. The monoisotopic (exact) mass is 436 g/mol. The number of ether oxygens (including phenoxy) is 4. The van der Waals surface area contributed by atoms with E-state index in [2.05, 4.69) is 18.9 Å². The largest absolute Gasteiger partial charge is 0.493 e. The Kier molecular flexibility index (Phi) is 3.83. The molecule has 0 atom stereocenters. The van der Waals surface area contributed by atoms with E-state index in [9.17, 15) is 19.7 Å². The third-order valence-electron chi connectivity index (χ3n) is 3.28. The van der Waals surface area contributed by atoms with Crippen molar-refractivity contribution in [2.45, 2.75) is 0 Å². The Labute approximate surface area is 187 Å². The number of nitrogens with two attached hydrogens (primary N) is 1. The molecular formula is C18H20N2O10. The number of hydrogen-bond acceptors (Lipinski definition) is 9. The van der Waals surface area contributed by atoms with E-state index in [4.69, 9.17) is 32.4 Å². The van der Waals surface area contributed by atoms with Crippen LogP contribution in [-0.2, 0) is 0 Å². The van der Waals surface area contributed by atoms with Crippen LogP contribution in [0.3, 0.4) is 0 Å². The van der Waals surface area contributed by atoms with Crippen LogP contribution in [0.15, 0.2) is 24.3 Å². The molecule has 0 radical (unpaired) electrons. The highest BCUT2D eigenvalue weighted by molar-refractivity contribution is 5.95. The second kappa shape index (κ2) is 10.4. The Morgan fingerprint density at radius 1 is 0.867 bits per heavy atom. The summed E-state index contributed by atoms with van der Waals surface area (Å²) >= 11 is 0. The van der Waals surface area contributed by atoms with Crippen LogP contribution in [0.1, 0.15) is 37.2 Å². The van der Waals surface area contributed by atoms with Crippen molar-refractivity contribution in [3.63, 3.8) is 0 Å². The first-order valence-corrected chi connectivity index (χ1v) is 7.18. The molecule has 2 aromatic carbocycles. The molecule has 0 saturated heterocycles. The van der Waals surface area contributed by atoms with Crippen molar-refractivity contribution >= 4 is 23.3 Å². The number of carboxylic acid groups (broad SMARTS) is 2. The summed E-state index contributed by atoms with van der Waals surface area (Å²) in [7, 11) is -11.9. The highest BCUT2D eigenvalue weighted by Crippen LogP contribution is 2.34. The van der Waals surface area contributed by atoms with Gasteiger partial charge in [0.05, 0.1) is 66.8 Å². The van der Waals surface area contributed by atoms with Crippen LogP contribution >= 0.6 is 0 Å². The zero-order valence-corrected chi connectivity index (χ0v) is 14.5. The number of anilines is 1. The summed E-state index contributed by atoms with van der Waals surface area (Å²) in [6, 6.07) is 2.69. The minimum atomic E-state index is -3.05. The molecule has 2 aromatic rings. The Morgan fingerprint density at radius 2 is 1.27 bits per heavy atom. The lowest BCUT2D eigenvalue weighted by Gasteiger charge is -2.09. The number of nitrogen functional groups attached to an aromatic ring is 1. The average molecular weight is 436 g/mol. The van der Waals surface area contributed by atoms with Gasteiger partial charge in [0, 0.05) is 18.2 Å². The van der Waals surface area contributed by atoms with Gasteiger partial charge in [-0.05, 0) is 0 Å². The third kappa shape index (κ3) is 5.41. The number of benzene rings is 2. The number of carboxylic acids is 2. The first-order valence-electron chi connectivity index (χ1n) is 13.2. The molecule has 12 heteroatoms. The van der Waals surface area contributed by atoms with Crippen LogP contribution in [0.2, 0.25) is 0 Å². The average Bonchev–Trinajstić information content (AvgIpc) is 2.72. The minimum Gasteiger partial charge on any atom is -0.493 e. The zero-order chi connectivity index (χ0) is 33.0. The van der Waals surface area contributed by atoms with Gasteiger partial charge in [-0.1, -0.05) is 0 Å². The molecule has 0 fully saturated rings. The van der Waals surface area contributed by atoms with Gasteiger partial charge in [-0.2, -0.15) is 0 Å². The topological polar surface area (TPSA) is 181 Å². The Morgan fingerprint density at radius 3 is 1.67 bits per heavy atom. The molecule has 0 aromatic heterocycles. The van der Waals surface area contributed by atoms with E-state index in [-0.39, 0.29) is 5.69 Å². The molecule has 0 aliphatic carbocycles. The molecule has 0 bridgehead atoms. The van der Waals surface area contributed by atoms with E-state index in [0.717, 1.165) is 12.1 Å². The summed E-state index contributed by atoms with van der Waals surface area (Å²) in [5.74, 6) is -5.72. The standard InChI is InChI=1S/C9H9NO6.C9H11NO4/c1-15-7-3-5(9(11)12)6(10(13)14)4-8(7)16-2;1-13-7-3-5(9(11)12)6(10)4-8(7)14-2/h3-4H,1-2H3,(H,11,12);3-4H,10H2,1-2H3,(H,11,12)/i2*1D3,2D3. The van der Waals surface area contributed by atoms with Gasteiger partial charge in [0.25, 0.3) is 5.69 Å². The molecule has 162 valence electrons. The lowest BCUT2D eigenvalue weighted by atomic mass is 10.1. The summed E-state index contributed by atoms with van der Waals surface area (Å²) in [5.41, 5.74) is 2.88. The van der Waals surface area contributed by atoms with Gasteiger partial charge in [-0.3, -0.25) is 10.1 Å². The molecule has 0 amide bonds. The molecule has 0 aliphatic heterocycles. The van der Waals surface area contributed by atoms with Crippen LogP contribution in [0.5, 0.6) is 23.0 Å². The van der Waals surface area contributed by atoms with E-state index in [1.807, 2.05) is 0 Å². The minimum absolute atomic E-state index is 0.283. The predicted molar refractivity (Wildman–Crippen MR) is 104 cm³/mol. The van der Waals surface area contributed by atoms with Crippen LogP contribution in [0.25, 0.3) is 0 Å². The lowest BCUT2D eigenvalue weighted by molar-refractivity contribution is -0.385. The molecular weight excluding hydrogens is 404 g/mol. The molecule has 0 unspecified atom stereocenters. The smallest absolute Gasteiger partial charge is 0.342 e. The molecule has 30 heavy (non-hydrogen) atoms. The van der Waals surface area contributed by atoms with Crippen molar-refractivity contribution in [3.8, 4) is 23.0 Å². The van der Waals surface area contributed by atoms with E-state index >= 15 is 0 Å². The quantitative estimate of drug-likeness (QED) is 0.329. The number of rotatable bonds is 7. The maximum absolute atomic E-state index is 11.0.